The molecular formula is C11H14ClNSi. The minimum Gasteiger partial charge on any atom is -0.362 e. The molecule has 0 radical (unpaired) electrons. The fourth-order valence-electron chi connectivity index (χ4n) is 1.50. The zero-order valence-electron chi connectivity index (χ0n) is 8.69. The Hall–Kier alpha value is -0.733. The van der Waals surface area contributed by atoms with Crippen LogP contribution in [0.5, 0.6) is 0 Å². The minimum atomic E-state index is -1.23. The molecule has 1 nitrogen and oxygen atoms in total. The van der Waals surface area contributed by atoms with E-state index in [1.807, 2.05) is 12.1 Å². The van der Waals surface area contributed by atoms with Crippen molar-refractivity contribution in [2.24, 2.45) is 0 Å². The molecule has 0 aliphatic heterocycles. The van der Waals surface area contributed by atoms with Crippen LogP contribution in [0.1, 0.15) is 0 Å². The van der Waals surface area contributed by atoms with E-state index in [2.05, 4.69) is 36.8 Å². The molecule has 3 heteroatoms. The molecule has 0 saturated carbocycles. The lowest BCUT2D eigenvalue weighted by Gasteiger charge is -2.12. The molecule has 1 aromatic heterocycles. The predicted octanol–water partition coefficient (Wildman–Crippen LogP) is 3.37. The molecule has 1 N–H and O–H groups in total. The van der Waals surface area contributed by atoms with Crippen LogP contribution in [0.15, 0.2) is 24.3 Å². The third-order valence-electron chi connectivity index (χ3n) is 2.39. The summed E-state index contributed by atoms with van der Waals surface area (Å²) in [6, 6.07) is 8.24. The number of rotatable bonds is 1. The Labute approximate surface area is 90.1 Å². The summed E-state index contributed by atoms with van der Waals surface area (Å²) in [6.07, 6.45) is 0. The molecule has 74 valence electrons. The highest BCUT2D eigenvalue weighted by Gasteiger charge is 2.18. The van der Waals surface area contributed by atoms with E-state index in [0.29, 0.717) is 0 Å². The van der Waals surface area contributed by atoms with Gasteiger partial charge in [0, 0.05) is 10.5 Å². The van der Waals surface area contributed by atoms with Crippen molar-refractivity contribution in [3.8, 4) is 0 Å². The first-order valence-electron chi connectivity index (χ1n) is 4.75. The Morgan fingerprint density at radius 3 is 2.50 bits per heavy atom. The summed E-state index contributed by atoms with van der Waals surface area (Å²) < 4.78 is 0. The smallest absolute Gasteiger partial charge is 0.0982 e. The molecule has 0 unspecified atom stereocenters. The van der Waals surface area contributed by atoms with Crippen molar-refractivity contribution in [1.82, 2.24) is 4.98 Å². The number of aromatic nitrogens is 1. The Morgan fingerprint density at radius 2 is 1.86 bits per heavy atom. The highest BCUT2D eigenvalue weighted by Crippen LogP contribution is 2.18. The predicted molar refractivity (Wildman–Crippen MR) is 66.3 cm³/mol. The van der Waals surface area contributed by atoms with E-state index in [0.717, 1.165) is 10.5 Å². The van der Waals surface area contributed by atoms with E-state index in [4.69, 9.17) is 11.6 Å². The van der Waals surface area contributed by atoms with Crippen molar-refractivity contribution in [3.63, 3.8) is 0 Å². The van der Waals surface area contributed by atoms with Crippen LogP contribution in [0, 0.1) is 0 Å². The van der Waals surface area contributed by atoms with Gasteiger partial charge in [0.05, 0.1) is 8.07 Å². The van der Waals surface area contributed by atoms with Crippen LogP contribution in [0.3, 0.4) is 0 Å². The Balaban J connectivity index is 2.63. The monoisotopic (exact) mass is 223 g/mol. The van der Waals surface area contributed by atoms with Gasteiger partial charge < -0.3 is 4.98 Å². The van der Waals surface area contributed by atoms with Gasteiger partial charge in [0.1, 0.15) is 0 Å². The first kappa shape index (κ1) is 9.81. The highest BCUT2D eigenvalue weighted by atomic mass is 35.5. The van der Waals surface area contributed by atoms with Gasteiger partial charge in [-0.3, -0.25) is 0 Å². The van der Waals surface area contributed by atoms with E-state index in [9.17, 15) is 0 Å². The molecule has 0 aliphatic rings. The molecule has 0 atom stereocenters. The number of H-pyrrole nitrogens is 1. The number of hydrogen-bond donors (Lipinski definition) is 1. The summed E-state index contributed by atoms with van der Waals surface area (Å²) in [5.74, 6) is 0. The largest absolute Gasteiger partial charge is 0.362 e. The molecular weight excluding hydrogens is 210 g/mol. The lowest BCUT2D eigenvalue weighted by Crippen LogP contribution is -2.38. The van der Waals surface area contributed by atoms with E-state index in [1.165, 1.54) is 10.7 Å². The van der Waals surface area contributed by atoms with Crippen molar-refractivity contribution < 1.29 is 0 Å². The van der Waals surface area contributed by atoms with Crippen LogP contribution in [-0.2, 0) is 0 Å². The first-order valence-corrected chi connectivity index (χ1v) is 8.63. The van der Waals surface area contributed by atoms with Gasteiger partial charge in [-0.2, -0.15) is 0 Å². The van der Waals surface area contributed by atoms with Gasteiger partial charge in [0.2, 0.25) is 0 Å². The maximum Gasteiger partial charge on any atom is 0.0982 e. The van der Waals surface area contributed by atoms with Gasteiger partial charge >= 0.3 is 0 Å². The second-order valence-electron chi connectivity index (χ2n) is 4.66. The van der Waals surface area contributed by atoms with Crippen LogP contribution < -0.4 is 5.32 Å². The number of aromatic amines is 1. The third kappa shape index (κ3) is 1.72. The van der Waals surface area contributed by atoms with Gasteiger partial charge in [-0.1, -0.05) is 37.3 Å². The van der Waals surface area contributed by atoms with Crippen LogP contribution in [0.4, 0.5) is 0 Å². The van der Waals surface area contributed by atoms with E-state index >= 15 is 0 Å². The summed E-state index contributed by atoms with van der Waals surface area (Å²) >= 11 is 5.93. The number of benzene rings is 1. The summed E-state index contributed by atoms with van der Waals surface area (Å²) in [7, 11) is -1.23. The lowest BCUT2D eigenvalue weighted by molar-refractivity contribution is 1.50. The summed E-state index contributed by atoms with van der Waals surface area (Å²) in [5.41, 5.74) is 1.15. The van der Waals surface area contributed by atoms with Gasteiger partial charge in [0.25, 0.3) is 0 Å². The van der Waals surface area contributed by atoms with E-state index in [1.54, 1.807) is 0 Å². The summed E-state index contributed by atoms with van der Waals surface area (Å²) in [5, 5.41) is 3.43. The lowest BCUT2D eigenvalue weighted by atomic mass is 10.2. The third-order valence-corrected chi connectivity index (χ3v) is 4.51. The Bertz CT molecular complexity index is 468. The molecule has 1 heterocycles. The normalized spacial score (nSPS) is 12.3. The van der Waals surface area contributed by atoms with Crippen molar-refractivity contribution in [3.05, 3.63) is 29.3 Å². The average Bonchev–Trinajstić information content (AvgIpc) is 2.45. The van der Waals surface area contributed by atoms with Crippen LogP contribution in [-0.4, -0.2) is 13.1 Å². The molecule has 0 spiro atoms. The summed E-state index contributed by atoms with van der Waals surface area (Å²) in [4.78, 5) is 3.45. The van der Waals surface area contributed by atoms with Crippen LogP contribution >= 0.6 is 11.6 Å². The molecule has 0 bridgehead atoms. The maximum atomic E-state index is 5.93. The summed E-state index contributed by atoms with van der Waals surface area (Å²) in [6.45, 7) is 7.00. The fourth-order valence-corrected chi connectivity index (χ4v) is 2.77. The average molecular weight is 224 g/mol. The molecule has 0 aliphatic carbocycles. The zero-order valence-corrected chi connectivity index (χ0v) is 10.4. The van der Waals surface area contributed by atoms with Crippen LogP contribution in [0.2, 0.25) is 24.7 Å². The van der Waals surface area contributed by atoms with E-state index in [-0.39, 0.29) is 0 Å². The van der Waals surface area contributed by atoms with Gasteiger partial charge in [-0.25, -0.2) is 0 Å². The Kier molecular flexibility index (Phi) is 2.20. The quantitative estimate of drug-likeness (QED) is 0.714. The fraction of sp³-hybridized carbons (Fsp3) is 0.273. The molecule has 2 aromatic rings. The number of nitrogens with one attached hydrogen (secondary N) is 1. The van der Waals surface area contributed by atoms with Crippen molar-refractivity contribution in [1.29, 1.82) is 0 Å². The molecule has 1 aromatic carbocycles. The topological polar surface area (TPSA) is 15.8 Å². The van der Waals surface area contributed by atoms with Gasteiger partial charge in [-0.15, -0.1) is 0 Å². The van der Waals surface area contributed by atoms with Gasteiger partial charge in [0.15, 0.2) is 0 Å². The van der Waals surface area contributed by atoms with Crippen molar-refractivity contribution in [2.45, 2.75) is 19.6 Å². The molecule has 2 rings (SSSR count). The van der Waals surface area contributed by atoms with Gasteiger partial charge in [-0.05, 0) is 28.9 Å². The molecule has 0 saturated heterocycles. The van der Waals surface area contributed by atoms with E-state index < -0.39 is 8.07 Å². The maximum absolute atomic E-state index is 5.93. The SMILES string of the molecule is C[Si](C)(C)c1cc2ccc(Cl)cc2[nH]1. The number of hydrogen-bond acceptors (Lipinski definition) is 0. The Morgan fingerprint density at radius 1 is 1.14 bits per heavy atom. The molecule has 14 heavy (non-hydrogen) atoms. The molecule has 0 amide bonds. The second kappa shape index (κ2) is 3.14. The molecule has 0 fully saturated rings. The second-order valence-corrected chi connectivity index (χ2v) is 10.1. The minimum absolute atomic E-state index is 0.793. The van der Waals surface area contributed by atoms with Crippen molar-refractivity contribution >= 4 is 35.9 Å². The highest BCUT2D eigenvalue weighted by molar-refractivity contribution is 6.88. The number of fused-ring (bicyclic) bond motifs is 1. The standard InChI is InChI=1S/C11H14ClNSi/c1-14(2,3)11-6-8-4-5-9(12)7-10(8)13-11/h4-7,13H,1-3H3. The first-order chi connectivity index (χ1) is 6.47. The zero-order chi connectivity index (χ0) is 10.3. The van der Waals surface area contributed by atoms with Crippen LogP contribution in [0.25, 0.3) is 10.9 Å². The number of halogens is 1. The van der Waals surface area contributed by atoms with Crippen molar-refractivity contribution in [2.75, 3.05) is 0 Å².